The molecule has 0 unspecified atom stereocenters. The van der Waals surface area contributed by atoms with Gasteiger partial charge in [-0.05, 0) is 25.0 Å². The number of hydrogen-bond acceptors (Lipinski definition) is 5. The Labute approximate surface area is 156 Å². The van der Waals surface area contributed by atoms with Gasteiger partial charge in [-0.3, -0.25) is 14.6 Å². The molecule has 138 valence electrons. The molecule has 0 fully saturated rings. The van der Waals surface area contributed by atoms with Crippen LogP contribution in [0.25, 0.3) is 11.3 Å². The van der Waals surface area contributed by atoms with E-state index in [0.717, 1.165) is 11.3 Å². The molecule has 0 aliphatic rings. The molecule has 2 N–H and O–H groups in total. The van der Waals surface area contributed by atoms with Crippen molar-refractivity contribution in [2.45, 2.75) is 19.3 Å². The number of nitrogens with one attached hydrogen (secondary N) is 2. The molecule has 27 heavy (non-hydrogen) atoms. The number of benzene rings is 1. The zero-order chi connectivity index (χ0) is 18.9. The Hall–Kier alpha value is -3.48. The molecule has 1 aromatic carbocycles. The predicted octanol–water partition coefficient (Wildman–Crippen LogP) is 3.28. The third kappa shape index (κ3) is 5.50. The average molecular weight is 364 g/mol. The van der Waals surface area contributed by atoms with E-state index in [1.54, 1.807) is 30.6 Å². The van der Waals surface area contributed by atoms with Crippen LogP contribution in [0.4, 0.5) is 5.69 Å². The molecule has 0 aliphatic heterocycles. The minimum absolute atomic E-state index is 0.0588. The number of hydrogen-bond donors (Lipinski definition) is 2. The summed E-state index contributed by atoms with van der Waals surface area (Å²) in [6, 6.07) is 14.6. The number of carbonyl (C=O) groups is 2. The number of amides is 2. The molecule has 2 aromatic heterocycles. The fourth-order valence-electron chi connectivity index (χ4n) is 2.48. The van der Waals surface area contributed by atoms with E-state index in [1.165, 1.54) is 0 Å². The van der Waals surface area contributed by atoms with Gasteiger partial charge in [0.1, 0.15) is 0 Å². The summed E-state index contributed by atoms with van der Waals surface area (Å²) in [5, 5.41) is 9.39. The molecular weight excluding hydrogens is 344 g/mol. The Bertz CT molecular complexity index is 879. The van der Waals surface area contributed by atoms with E-state index in [2.05, 4.69) is 20.8 Å². The van der Waals surface area contributed by atoms with Gasteiger partial charge in [0, 0.05) is 42.7 Å². The van der Waals surface area contributed by atoms with E-state index in [4.69, 9.17) is 4.52 Å². The molecule has 0 bridgehead atoms. The summed E-state index contributed by atoms with van der Waals surface area (Å²) in [4.78, 5) is 27.8. The van der Waals surface area contributed by atoms with E-state index >= 15 is 0 Å². The zero-order valence-corrected chi connectivity index (χ0v) is 14.7. The Morgan fingerprint density at radius 3 is 2.56 bits per heavy atom. The summed E-state index contributed by atoms with van der Waals surface area (Å²) in [5.41, 5.74) is 1.83. The molecule has 0 spiro atoms. The number of rotatable bonds is 8. The fourth-order valence-corrected chi connectivity index (χ4v) is 2.48. The molecule has 0 saturated heterocycles. The highest BCUT2D eigenvalue weighted by Gasteiger charge is 2.13. The van der Waals surface area contributed by atoms with Crippen molar-refractivity contribution in [3.05, 3.63) is 66.6 Å². The van der Waals surface area contributed by atoms with Crippen LogP contribution in [0.15, 0.2) is 65.4 Å². The zero-order valence-electron chi connectivity index (χ0n) is 14.7. The molecule has 2 heterocycles. The van der Waals surface area contributed by atoms with Crippen LogP contribution in [0.3, 0.4) is 0 Å². The highest BCUT2D eigenvalue weighted by Crippen LogP contribution is 2.19. The molecule has 0 atom stereocenters. The number of unbranched alkanes of at least 4 members (excludes halogenated alkanes) is 1. The van der Waals surface area contributed by atoms with Gasteiger partial charge in [-0.1, -0.05) is 35.5 Å². The Balaban J connectivity index is 1.36. The van der Waals surface area contributed by atoms with E-state index in [1.807, 2.05) is 30.3 Å². The normalized spacial score (nSPS) is 10.4. The molecule has 0 aliphatic carbocycles. The second-order valence-electron chi connectivity index (χ2n) is 5.94. The topological polar surface area (TPSA) is 97.1 Å². The van der Waals surface area contributed by atoms with Crippen molar-refractivity contribution in [2.75, 3.05) is 11.9 Å². The van der Waals surface area contributed by atoms with Gasteiger partial charge in [-0.25, -0.2) is 0 Å². The first kappa shape index (κ1) is 18.3. The highest BCUT2D eigenvalue weighted by molar-refractivity contribution is 5.93. The fraction of sp³-hybridized carbons (Fsp3) is 0.200. The SMILES string of the molecule is O=C(CCCCNC(=O)c1cc(-c2ccccc2)on1)Nc1ccncc1. The van der Waals surface area contributed by atoms with Crippen molar-refractivity contribution in [3.8, 4) is 11.3 Å². The van der Waals surface area contributed by atoms with Gasteiger partial charge in [0.2, 0.25) is 5.91 Å². The number of aromatic nitrogens is 2. The lowest BCUT2D eigenvalue weighted by atomic mass is 10.1. The maximum atomic E-state index is 12.1. The smallest absolute Gasteiger partial charge is 0.273 e. The number of nitrogens with zero attached hydrogens (tertiary/aromatic N) is 2. The Morgan fingerprint density at radius 2 is 1.78 bits per heavy atom. The van der Waals surface area contributed by atoms with Gasteiger partial charge < -0.3 is 15.2 Å². The van der Waals surface area contributed by atoms with Crippen molar-refractivity contribution in [3.63, 3.8) is 0 Å². The monoisotopic (exact) mass is 364 g/mol. The van der Waals surface area contributed by atoms with Crippen molar-refractivity contribution >= 4 is 17.5 Å². The summed E-state index contributed by atoms with van der Waals surface area (Å²) in [6.45, 7) is 0.467. The molecule has 0 saturated carbocycles. The number of anilines is 1. The predicted molar refractivity (Wildman–Crippen MR) is 101 cm³/mol. The van der Waals surface area contributed by atoms with E-state index in [9.17, 15) is 9.59 Å². The minimum atomic E-state index is -0.290. The second-order valence-corrected chi connectivity index (χ2v) is 5.94. The lowest BCUT2D eigenvalue weighted by Gasteiger charge is -2.05. The molecule has 0 radical (unpaired) electrons. The maximum Gasteiger partial charge on any atom is 0.273 e. The first-order valence-corrected chi connectivity index (χ1v) is 8.72. The largest absolute Gasteiger partial charge is 0.355 e. The molecule has 7 nitrogen and oxygen atoms in total. The van der Waals surface area contributed by atoms with E-state index in [-0.39, 0.29) is 17.5 Å². The Morgan fingerprint density at radius 1 is 1.00 bits per heavy atom. The molecular formula is C20H20N4O3. The first-order valence-electron chi connectivity index (χ1n) is 8.72. The van der Waals surface area contributed by atoms with E-state index in [0.29, 0.717) is 31.6 Å². The van der Waals surface area contributed by atoms with Crippen LogP contribution in [0, 0.1) is 0 Å². The second kappa shape index (κ2) is 9.28. The Kier molecular flexibility index (Phi) is 6.30. The highest BCUT2D eigenvalue weighted by atomic mass is 16.5. The van der Waals surface area contributed by atoms with Gasteiger partial charge in [0.05, 0.1) is 0 Å². The summed E-state index contributed by atoms with van der Waals surface area (Å²) in [7, 11) is 0. The van der Waals surface area contributed by atoms with Gasteiger partial charge >= 0.3 is 0 Å². The summed E-state index contributed by atoms with van der Waals surface area (Å²) in [6.07, 6.45) is 5.00. The average Bonchev–Trinajstić information content (AvgIpc) is 3.19. The summed E-state index contributed by atoms with van der Waals surface area (Å²) in [5.74, 6) is 0.201. The molecule has 7 heteroatoms. The molecule has 3 aromatic rings. The molecule has 2 amide bonds. The summed E-state index contributed by atoms with van der Waals surface area (Å²) < 4.78 is 5.22. The maximum absolute atomic E-state index is 12.1. The lowest BCUT2D eigenvalue weighted by molar-refractivity contribution is -0.116. The van der Waals surface area contributed by atoms with Crippen LogP contribution >= 0.6 is 0 Å². The van der Waals surface area contributed by atoms with Crippen molar-refractivity contribution < 1.29 is 14.1 Å². The number of carbonyl (C=O) groups excluding carboxylic acids is 2. The standard InChI is InChI=1S/C20H20N4O3/c25-19(23-16-9-12-21-13-10-16)8-4-5-11-22-20(26)17-14-18(27-24-17)15-6-2-1-3-7-15/h1-3,6-7,9-10,12-14H,4-5,8,11H2,(H,22,26)(H,21,23,25). The lowest BCUT2D eigenvalue weighted by Crippen LogP contribution is -2.25. The van der Waals surface area contributed by atoms with Crippen LogP contribution in [0.5, 0.6) is 0 Å². The third-order valence-electron chi connectivity index (χ3n) is 3.88. The summed E-state index contributed by atoms with van der Waals surface area (Å²) >= 11 is 0. The quantitative estimate of drug-likeness (QED) is 0.598. The van der Waals surface area contributed by atoms with Crippen molar-refractivity contribution in [1.29, 1.82) is 0 Å². The van der Waals surface area contributed by atoms with E-state index < -0.39 is 0 Å². The number of pyridine rings is 1. The molecule has 3 rings (SSSR count). The van der Waals surface area contributed by atoms with Crippen LogP contribution in [-0.4, -0.2) is 28.5 Å². The van der Waals surface area contributed by atoms with Gasteiger partial charge in [0.15, 0.2) is 11.5 Å². The van der Waals surface area contributed by atoms with Crippen molar-refractivity contribution in [2.24, 2.45) is 0 Å². The van der Waals surface area contributed by atoms with Crippen LogP contribution < -0.4 is 10.6 Å². The van der Waals surface area contributed by atoms with Crippen LogP contribution in [0.1, 0.15) is 29.8 Å². The van der Waals surface area contributed by atoms with Crippen LogP contribution in [-0.2, 0) is 4.79 Å². The van der Waals surface area contributed by atoms with Gasteiger partial charge in [-0.15, -0.1) is 0 Å². The van der Waals surface area contributed by atoms with Gasteiger partial charge in [0.25, 0.3) is 5.91 Å². The van der Waals surface area contributed by atoms with Crippen molar-refractivity contribution in [1.82, 2.24) is 15.5 Å². The van der Waals surface area contributed by atoms with Crippen LogP contribution in [0.2, 0.25) is 0 Å². The minimum Gasteiger partial charge on any atom is -0.355 e. The van der Waals surface area contributed by atoms with Gasteiger partial charge in [-0.2, -0.15) is 0 Å². The first-order chi connectivity index (χ1) is 13.2. The third-order valence-corrected chi connectivity index (χ3v) is 3.88.